The van der Waals surface area contributed by atoms with Crippen LogP contribution in [0.2, 0.25) is 0 Å². The molecule has 2 aromatic rings. The summed E-state index contributed by atoms with van der Waals surface area (Å²) in [5.74, 6) is -0.592. The molecule has 0 heterocycles. The van der Waals surface area contributed by atoms with E-state index >= 15 is 0 Å². The van der Waals surface area contributed by atoms with Crippen molar-refractivity contribution < 1.29 is 14.5 Å². The van der Waals surface area contributed by atoms with Gasteiger partial charge < -0.3 is 10.6 Å². The molecular formula is C18H19N3O4. The second-order valence-corrected chi connectivity index (χ2v) is 5.75. The van der Waals surface area contributed by atoms with Crippen molar-refractivity contribution in [2.75, 3.05) is 5.32 Å². The lowest BCUT2D eigenvalue weighted by molar-refractivity contribution is -0.385. The number of nitrogens with zero attached hydrogens (tertiary/aromatic N) is 1. The number of hydrogen-bond donors (Lipinski definition) is 2. The van der Waals surface area contributed by atoms with Crippen LogP contribution in [0.25, 0.3) is 0 Å². The van der Waals surface area contributed by atoms with E-state index < -0.39 is 4.92 Å². The number of carbonyl (C=O) groups excluding carboxylic acids is 2. The first-order valence-corrected chi connectivity index (χ1v) is 7.77. The normalized spacial score (nSPS) is 11.4. The van der Waals surface area contributed by atoms with Crippen molar-refractivity contribution in [2.45, 2.75) is 26.3 Å². The number of benzene rings is 2. The number of nitro groups is 1. The maximum atomic E-state index is 12.1. The van der Waals surface area contributed by atoms with Gasteiger partial charge in [0.1, 0.15) is 0 Å². The van der Waals surface area contributed by atoms with Crippen molar-refractivity contribution in [1.82, 2.24) is 5.32 Å². The Morgan fingerprint density at radius 2 is 1.84 bits per heavy atom. The molecule has 1 unspecified atom stereocenters. The Morgan fingerprint density at radius 3 is 2.48 bits per heavy atom. The van der Waals surface area contributed by atoms with Crippen LogP contribution < -0.4 is 10.6 Å². The summed E-state index contributed by atoms with van der Waals surface area (Å²) in [5.41, 5.74) is 1.34. The molecule has 0 fully saturated rings. The minimum Gasteiger partial charge on any atom is -0.349 e. The van der Waals surface area contributed by atoms with Gasteiger partial charge in [-0.25, -0.2) is 0 Å². The monoisotopic (exact) mass is 341 g/mol. The van der Waals surface area contributed by atoms with E-state index in [-0.39, 0.29) is 30.0 Å². The molecule has 0 aliphatic heterocycles. The highest BCUT2D eigenvalue weighted by Crippen LogP contribution is 2.22. The molecule has 0 aliphatic carbocycles. The zero-order chi connectivity index (χ0) is 18.4. The second kappa shape index (κ2) is 8.05. The fraction of sp³-hybridized carbons (Fsp3) is 0.222. The summed E-state index contributed by atoms with van der Waals surface area (Å²) in [6.07, 6.45) is 0.0558. The number of nitrogens with one attached hydrogen (secondary N) is 2. The number of anilines is 1. The fourth-order valence-corrected chi connectivity index (χ4v) is 2.32. The van der Waals surface area contributed by atoms with Crippen molar-refractivity contribution in [3.05, 3.63) is 69.8 Å². The molecule has 1 atom stereocenters. The van der Waals surface area contributed by atoms with Gasteiger partial charge in [0.25, 0.3) is 11.6 Å². The first-order valence-electron chi connectivity index (χ1n) is 7.77. The van der Waals surface area contributed by atoms with E-state index in [0.717, 1.165) is 0 Å². The Morgan fingerprint density at radius 1 is 1.16 bits per heavy atom. The smallest absolute Gasteiger partial charge is 0.274 e. The van der Waals surface area contributed by atoms with E-state index in [0.29, 0.717) is 16.8 Å². The molecular weight excluding hydrogens is 322 g/mol. The Balaban J connectivity index is 1.92. The van der Waals surface area contributed by atoms with Crippen molar-refractivity contribution in [3.63, 3.8) is 0 Å². The number of carbonyl (C=O) groups is 2. The van der Waals surface area contributed by atoms with Gasteiger partial charge in [-0.05, 0) is 32.0 Å². The molecule has 0 bridgehead atoms. The zero-order valence-corrected chi connectivity index (χ0v) is 14.0. The summed E-state index contributed by atoms with van der Waals surface area (Å²) < 4.78 is 0. The molecule has 7 heteroatoms. The van der Waals surface area contributed by atoms with E-state index in [1.54, 1.807) is 50.2 Å². The maximum Gasteiger partial charge on any atom is 0.274 e. The molecule has 0 saturated heterocycles. The van der Waals surface area contributed by atoms with Crippen LogP contribution in [0.1, 0.15) is 29.3 Å². The van der Waals surface area contributed by atoms with Gasteiger partial charge in [-0.3, -0.25) is 19.7 Å². The largest absolute Gasteiger partial charge is 0.349 e. The highest BCUT2D eigenvalue weighted by molar-refractivity contribution is 5.95. The molecule has 0 spiro atoms. The first-order chi connectivity index (χ1) is 11.9. The highest BCUT2D eigenvalue weighted by Gasteiger charge is 2.15. The summed E-state index contributed by atoms with van der Waals surface area (Å²) in [6, 6.07) is 12.8. The van der Waals surface area contributed by atoms with Gasteiger partial charge in [-0.1, -0.05) is 24.3 Å². The predicted molar refractivity (Wildman–Crippen MR) is 94.5 cm³/mol. The van der Waals surface area contributed by atoms with Crippen LogP contribution in [0.15, 0.2) is 48.5 Å². The first kappa shape index (κ1) is 18.1. The van der Waals surface area contributed by atoms with Gasteiger partial charge in [-0.15, -0.1) is 0 Å². The van der Waals surface area contributed by atoms with E-state index in [4.69, 9.17) is 0 Å². The van der Waals surface area contributed by atoms with E-state index in [9.17, 15) is 19.7 Å². The molecule has 7 nitrogen and oxygen atoms in total. The van der Waals surface area contributed by atoms with Crippen molar-refractivity contribution >= 4 is 23.2 Å². The number of nitro benzene ring substituents is 1. The minimum absolute atomic E-state index is 0.0526. The van der Waals surface area contributed by atoms with Crippen LogP contribution in [-0.4, -0.2) is 22.8 Å². The molecule has 130 valence electrons. The molecule has 2 amide bonds. The Hall–Kier alpha value is -3.22. The predicted octanol–water partition coefficient (Wildman–Crippen LogP) is 3.05. The second-order valence-electron chi connectivity index (χ2n) is 5.75. The average Bonchev–Trinajstić information content (AvgIpc) is 2.56. The van der Waals surface area contributed by atoms with Crippen molar-refractivity contribution in [3.8, 4) is 0 Å². The van der Waals surface area contributed by atoms with Gasteiger partial charge >= 0.3 is 0 Å². The van der Waals surface area contributed by atoms with Crippen LogP contribution in [0.5, 0.6) is 0 Å². The number of amides is 2. The van der Waals surface area contributed by atoms with Crippen LogP contribution in [0.3, 0.4) is 0 Å². The van der Waals surface area contributed by atoms with E-state index in [1.807, 2.05) is 6.07 Å². The Labute approximate surface area is 145 Å². The Bertz CT molecular complexity index is 790. The summed E-state index contributed by atoms with van der Waals surface area (Å²) in [7, 11) is 0. The molecule has 2 aromatic carbocycles. The summed E-state index contributed by atoms with van der Waals surface area (Å²) in [5, 5.41) is 16.3. The molecule has 0 aromatic heterocycles. The summed E-state index contributed by atoms with van der Waals surface area (Å²) >= 11 is 0. The summed E-state index contributed by atoms with van der Waals surface area (Å²) in [4.78, 5) is 34.6. The van der Waals surface area contributed by atoms with E-state index in [2.05, 4.69) is 10.6 Å². The van der Waals surface area contributed by atoms with Crippen molar-refractivity contribution in [2.24, 2.45) is 0 Å². The molecule has 25 heavy (non-hydrogen) atoms. The van der Waals surface area contributed by atoms with Gasteiger partial charge in [0, 0.05) is 35.3 Å². The van der Waals surface area contributed by atoms with Gasteiger partial charge in [-0.2, -0.15) is 0 Å². The third kappa shape index (κ3) is 5.13. The van der Waals surface area contributed by atoms with E-state index in [1.165, 1.54) is 6.07 Å². The number of hydrogen-bond acceptors (Lipinski definition) is 4. The number of rotatable bonds is 6. The van der Waals surface area contributed by atoms with Crippen molar-refractivity contribution in [1.29, 1.82) is 0 Å². The lowest BCUT2D eigenvalue weighted by Crippen LogP contribution is -2.35. The standard InChI is InChI=1S/C18H19N3O4/c1-12-8-9-15(11-16(12)21(24)25)20-17(22)10-13(2)19-18(23)14-6-4-3-5-7-14/h3-9,11,13H,10H2,1-2H3,(H,19,23)(H,20,22). The fourth-order valence-electron chi connectivity index (χ4n) is 2.32. The third-order valence-electron chi connectivity index (χ3n) is 3.59. The molecule has 2 rings (SSSR count). The molecule has 0 radical (unpaired) electrons. The lowest BCUT2D eigenvalue weighted by atomic mass is 10.1. The van der Waals surface area contributed by atoms with Gasteiger partial charge in [0.2, 0.25) is 5.91 Å². The topological polar surface area (TPSA) is 101 Å². The third-order valence-corrected chi connectivity index (χ3v) is 3.59. The van der Waals surface area contributed by atoms with Crippen LogP contribution in [0, 0.1) is 17.0 Å². The van der Waals surface area contributed by atoms with Crippen LogP contribution in [0.4, 0.5) is 11.4 Å². The van der Waals surface area contributed by atoms with Gasteiger partial charge in [0.15, 0.2) is 0 Å². The average molecular weight is 341 g/mol. The quantitative estimate of drug-likeness (QED) is 0.623. The molecule has 0 aliphatic rings. The zero-order valence-electron chi connectivity index (χ0n) is 14.0. The van der Waals surface area contributed by atoms with Gasteiger partial charge in [0.05, 0.1) is 4.92 Å². The lowest BCUT2D eigenvalue weighted by Gasteiger charge is -2.14. The van der Waals surface area contributed by atoms with Crippen LogP contribution in [-0.2, 0) is 4.79 Å². The number of aryl methyl sites for hydroxylation is 1. The summed E-state index contributed by atoms with van der Waals surface area (Å²) in [6.45, 7) is 3.35. The van der Waals surface area contributed by atoms with Crippen LogP contribution >= 0.6 is 0 Å². The molecule has 2 N–H and O–H groups in total. The SMILES string of the molecule is Cc1ccc(NC(=O)CC(C)NC(=O)c2ccccc2)cc1[N+](=O)[O-]. The molecule has 0 saturated carbocycles. The minimum atomic E-state index is -0.492. The Kier molecular flexibility index (Phi) is 5.84. The highest BCUT2D eigenvalue weighted by atomic mass is 16.6. The maximum absolute atomic E-state index is 12.1.